The fourth-order valence-corrected chi connectivity index (χ4v) is 2.17. The minimum Gasteiger partial charge on any atom is -0.345 e. The third-order valence-corrected chi connectivity index (χ3v) is 3.17. The molecule has 1 aromatic rings. The molecule has 0 bridgehead atoms. The van der Waals surface area contributed by atoms with Gasteiger partial charge in [-0.05, 0) is 32.4 Å². The van der Waals surface area contributed by atoms with Crippen molar-refractivity contribution in [1.82, 2.24) is 20.0 Å². The fourth-order valence-electron chi connectivity index (χ4n) is 2.17. The van der Waals surface area contributed by atoms with Crippen LogP contribution >= 0.6 is 0 Å². The summed E-state index contributed by atoms with van der Waals surface area (Å²) >= 11 is 0. The van der Waals surface area contributed by atoms with E-state index in [-0.39, 0.29) is 5.91 Å². The van der Waals surface area contributed by atoms with E-state index in [9.17, 15) is 4.79 Å². The predicted molar refractivity (Wildman–Crippen MR) is 66.0 cm³/mol. The first kappa shape index (κ1) is 12.1. The van der Waals surface area contributed by atoms with E-state index < -0.39 is 0 Å². The minimum absolute atomic E-state index is 0.0167. The summed E-state index contributed by atoms with van der Waals surface area (Å²) in [6.07, 6.45) is 6.92. The highest BCUT2D eigenvalue weighted by Gasteiger charge is 2.17. The molecular weight excluding hydrogens is 216 g/mol. The van der Waals surface area contributed by atoms with Gasteiger partial charge in [-0.2, -0.15) is 5.10 Å². The summed E-state index contributed by atoms with van der Waals surface area (Å²) in [5.41, 5.74) is 0.673. The highest BCUT2D eigenvalue weighted by Crippen LogP contribution is 2.19. The zero-order valence-electron chi connectivity index (χ0n) is 10.5. The molecule has 1 saturated heterocycles. The molecule has 2 rings (SSSR count). The van der Waals surface area contributed by atoms with Gasteiger partial charge in [-0.1, -0.05) is 0 Å². The number of hydrogen-bond donors (Lipinski definition) is 1. The molecule has 0 aliphatic carbocycles. The standard InChI is InChI=1S/C12H20N4O/c1-15(2)12(17)10-8-14-16(9-10)11-4-3-6-13-7-5-11/h8-9,11,13H,3-7H2,1-2H3. The van der Waals surface area contributed by atoms with Crippen molar-refractivity contribution >= 4 is 5.91 Å². The van der Waals surface area contributed by atoms with Gasteiger partial charge in [0.15, 0.2) is 0 Å². The molecule has 5 nitrogen and oxygen atoms in total. The van der Waals surface area contributed by atoms with Crippen molar-refractivity contribution in [1.29, 1.82) is 0 Å². The number of rotatable bonds is 2. The molecule has 2 heterocycles. The van der Waals surface area contributed by atoms with Gasteiger partial charge in [0, 0.05) is 20.3 Å². The zero-order valence-corrected chi connectivity index (χ0v) is 10.5. The van der Waals surface area contributed by atoms with Crippen molar-refractivity contribution in [2.24, 2.45) is 0 Å². The quantitative estimate of drug-likeness (QED) is 0.830. The van der Waals surface area contributed by atoms with Crippen molar-refractivity contribution in [3.05, 3.63) is 18.0 Å². The fraction of sp³-hybridized carbons (Fsp3) is 0.667. The number of hydrogen-bond acceptors (Lipinski definition) is 3. The summed E-state index contributed by atoms with van der Waals surface area (Å²) in [6, 6.07) is 0.425. The molecule has 5 heteroatoms. The first-order valence-corrected chi connectivity index (χ1v) is 6.15. The highest BCUT2D eigenvalue weighted by molar-refractivity contribution is 5.93. The minimum atomic E-state index is 0.0167. The molecule has 1 atom stereocenters. The van der Waals surface area contributed by atoms with Gasteiger partial charge >= 0.3 is 0 Å². The summed E-state index contributed by atoms with van der Waals surface area (Å²) in [5.74, 6) is 0.0167. The topological polar surface area (TPSA) is 50.2 Å². The molecule has 0 saturated carbocycles. The van der Waals surface area contributed by atoms with E-state index in [1.807, 2.05) is 10.9 Å². The summed E-state index contributed by atoms with van der Waals surface area (Å²) in [5, 5.41) is 7.70. The second-order valence-corrected chi connectivity index (χ2v) is 4.74. The van der Waals surface area contributed by atoms with Gasteiger partial charge in [0.25, 0.3) is 5.91 Å². The zero-order chi connectivity index (χ0) is 12.3. The largest absolute Gasteiger partial charge is 0.345 e. The molecule has 1 amide bonds. The average Bonchev–Trinajstić information content (AvgIpc) is 2.64. The maximum absolute atomic E-state index is 11.8. The third-order valence-electron chi connectivity index (χ3n) is 3.17. The van der Waals surface area contributed by atoms with E-state index in [0.29, 0.717) is 11.6 Å². The van der Waals surface area contributed by atoms with Crippen LogP contribution in [-0.4, -0.2) is 47.8 Å². The van der Waals surface area contributed by atoms with E-state index in [1.165, 1.54) is 6.42 Å². The molecule has 1 aromatic heterocycles. The average molecular weight is 236 g/mol. The lowest BCUT2D eigenvalue weighted by molar-refractivity contribution is 0.0827. The SMILES string of the molecule is CN(C)C(=O)c1cnn(C2CCCNCC2)c1. The first-order valence-electron chi connectivity index (χ1n) is 6.15. The maximum Gasteiger partial charge on any atom is 0.256 e. The number of nitrogens with zero attached hydrogens (tertiary/aromatic N) is 3. The summed E-state index contributed by atoms with van der Waals surface area (Å²) in [7, 11) is 3.52. The number of amides is 1. The van der Waals surface area contributed by atoms with Crippen LogP contribution < -0.4 is 5.32 Å². The Bertz CT molecular complexity index is 378. The van der Waals surface area contributed by atoms with Crippen LogP contribution in [0.25, 0.3) is 0 Å². The van der Waals surface area contributed by atoms with Crippen molar-refractivity contribution in [3.63, 3.8) is 0 Å². The number of aromatic nitrogens is 2. The van der Waals surface area contributed by atoms with Crippen LogP contribution in [0.2, 0.25) is 0 Å². The Morgan fingerprint density at radius 1 is 1.47 bits per heavy atom. The first-order chi connectivity index (χ1) is 8.18. The van der Waals surface area contributed by atoms with Gasteiger partial charge in [-0.3, -0.25) is 9.48 Å². The van der Waals surface area contributed by atoms with Gasteiger partial charge in [0.2, 0.25) is 0 Å². The molecule has 1 fully saturated rings. The normalized spacial score (nSPS) is 20.9. The summed E-state index contributed by atoms with van der Waals surface area (Å²) in [6.45, 7) is 2.11. The lowest BCUT2D eigenvalue weighted by Gasteiger charge is -2.14. The van der Waals surface area contributed by atoms with E-state index in [1.54, 1.807) is 25.2 Å². The van der Waals surface area contributed by atoms with Crippen molar-refractivity contribution in [2.45, 2.75) is 25.3 Å². The van der Waals surface area contributed by atoms with E-state index >= 15 is 0 Å². The van der Waals surface area contributed by atoms with Gasteiger partial charge < -0.3 is 10.2 Å². The molecule has 1 aliphatic heterocycles. The van der Waals surface area contributed by atoms with Crippen LogP contribution in [-0.2, 0) is 0 Å². The second kappa shape index (κ2) is 5.31. The van der Waals surface area contributed by atoms with Crippen LogP contribution in [0.1, 0.15) is 35.7 Å². The Morgan fingerprint density at radius 3 is 3.06 bits per heavy atom. The van der Waals surface area contributed by atoms with Crippen molar-refractivity contribution < 1.29 is 4.79 Å². The molecule has 94 valence electrons. The van der Waals surface area contributed by atoms with Crippen LogP contribution in [0.3, 0.4) is 0 Å². The molecule has 0 aromatic carbocycles. The van der Waals surface area contributed by atoms with Gasteiger partial charge in [0.1, 0.15) is 0 Å². The lowest BCUT2D eigenvalue weighted by Crippen LogP contribution is -2.21. The Kier molecular flexibility index (Phi) is 3.78. The number of nitrogens with one attached hydrogen (secondary N) is 1. The van der Waals surface area contributed by atoms with E-state index in [0.717, 1.165) is 25.9 Å². The smallest absolute Gasteiger partial charge is 0.256 e. The van der Waals surface area contributed by atoms with Crippen LogP contribution in [0.5, 0.6) is 0 Å². The predicted octanol–water partition coefficient (Wildman–Crippen LogP) is 0.899. The molecule has 17 heavy (non-hydrogen) atoms. The van der Waals surface area contributed by atoms with Gasteiger partial charge in [0.05, 0.1) is 17.8 Å². The summed E-state index contributed by atoms with van der Waals surface area (Å²) in [4.78, 5) is 13.3. The number of carbonyl (C=O) groups excluding carboxylic acids is 1. The monoisotopic (exact) mass is 236 g/mol. The molecule has 1 aliphatic rings. The van der Waals surface area contributed by atoms with Crippen molar-refractivity contribution in [2.75, 3.05) is 27.2 Å². The highest BCUT2D eigenvalue weighted by atomic mass is 16.2. The van der Waals surface area contributed by atoms with Gasteiger partial charge in [-0.15, -0.1) is 0 Å². The Balaban J connectivity index is 2.09. The van der Waals surface area contributed by atoms with Crippen molar-refractivity contribution in [3.8, 4) is 0 Å². The maximum atomic E-state index is 11.8. The van der Waals surface area contributed by atoms with Crippen LogP contribution in [0, 0.1) is 0 Å². The third kappa shape index (κ3) is 2.85. The van der Waals surface area contributed by atoms with E-state index in [2.05, 4.69) is 10.4 Å². The van der Waals surface area contributed by atoms with E-state index in [4.69, 9.17) is 0 Å². The molecule has 1 unspecified atom stereocenters. The number of carbonyl (C=O) groups is 1. The van der Waals surface area contributed by atoms with Crippen LogP contribution in [0.4, 0.5) is 0 Å². The molecule has 1 N–H and O–H groups in total. The Hall–Kier alpha value is -1.36. The molecule has 0 spiro atoms. The Morgan fingerprint density at radius 2 is 2.29 bits per heavy atom. The second-order valence-electron chi connectivity index (χ2n) is 4.74. The Labute approximate surface area is 102 Å². The van der Waals surface area contributed by atoms with Crippen LogP contribution in [0.15, 0.2) is 12.4 Å². The molecule has 0 radical (unpaired) electrons. The summed E-state index contributed by atoms with van der Waals surface area (Å²) < 4.78 is 1.95. The lowest BCUT2D eigenvalue weighted by atomic mass is 10.1. The van der Waals surface area contributed by atoms with Gasteiger partial charge in [-0.25, -0.2) is 0 Å². The molecular formula is C12H20N4O.